The molecule has 0 saturated heterocycles. The lowest BCUT2D eigenvalue weighted by Crippen LogP contribution is -2.23. The van der Waals surface area contributed by atoms with E-state index in [2.05, 4.69) is 10.3 Å². The summed E-state index contributed by atoms with van der Waals surface area (Å²) in [6.45, 7) is 2.98. The number of carbonyl (C=O) groups is 3. The second-order valence-corrected chi connectivity index (χ2v) is 4.77. The molecule has 0 aromatic carbocycles. The summed E-state index contributed by atoms with van der Waals surface area (Å²) < 4.78 is 0. The van der Waals surface area contributed by atoms with Crippen LogP contribution in [0.1, 0.15) is 40.4 Å². The van der Waals surface area contributed by atoms with Crippen LogP contribution in [0.25, 0.3) is 0 Å². The van der Waals surface area contributed by atoms with E-state index in [1.165, 1.54) is 6.92 Å². The summed E-state index contributed by atoms with van der Waals surface area (Å²) in [6, 6.07) is -0.282. The highest BCUT2D eigenvalue weighted by atomic mass is 32.1. The van der Waals surface area contributed by atoms with Crippen LogP contribution >= 0.6 is 11.3 Å². The van der Waals surface area contributed by atoms with Gasteiger partial charge >= 0.3 is 5.97 Å². The highest BCUT2D eigenvalue weighted by molar-refractivity contribution is 7.17. The van der Waals surface area contributed by atoms with Crippen LogP contribution in [0, 0.1) is 0 Å². The quantitative estimate of drug-likeness (QED) is 0.655. The number of aromatic carboxylic acids is 1. The Morgan fingerprint density at radius 3 is 2.50 bits per heavy atom. The number of rotatable bonds is 6. The van der Waals surface area contributed by atoms with Gasteiger partial charge in [-0.3, -0.25) is 9.59 Å². The number of nitrogens with two attached hydrogens (primary N) is 1. The average Bonchev–Trinajstić information content (AvgIpc) is 2.60. The van der Waals surface area contributed by atoms with Crippen LogP contribution in [0.3, 0.4) is 0 Å². The van der Waals surface area contributed by atoms with E-state index in [-0.39, 0.29) is 33.9 Å². The van der Waals surface area contributed by atoms with Crippen molar-refractivity contribution in [2.24, 2.45) is 5.73 Å². The molecule has 0 spiro atoms. The van der Waals surface area contributed by atoms with E-state index < -0.39 is 11.9 Å². The lowest BCUT2D eigenvalue weighted by Gasteiger charge is -2.09. The van der Waals surface area contributed by atoms with Gasteiger partial charge in [-0.05, 0) is 6.92 Å². The SMILES string of the molecule is CC(=O)c1sc(NC(C)CC(N)=O)nc1C(=O)O. The van der Waals surface area contributed by atoms with Gasteiger partial charge in [0.1, 0.15) is 4.88 Å². The molecule has 1 atom stereocenters. The standard InChI is InChI=1S/C10H13N3O4S/c1-4(3-6(11)15)12-10-13-7(9(16)17)8(18-10)5(2)14/h4H,3H2,1-2H3,(H2,11,15)(H,12,13)(H,16,17). The van der Waals surface area contributed by atoms with Crippen molar-refractivity contribution < 1.29 is 19.5 Å². The number of carboxylic acid groups (broad SMARTS) is 1. The van der Waals surface area contributed by atoms with Crippen molar-refractivity contribution in [2.45, 2.75) is 26.3 Å². The van der Waals surface area contributed by atoms with Crippen LogP contribution < -0.4 is 11.1 Å². The van der Waals surface area contributed by atoms with Gasteiger partial charge in [0.2, 0.25) is 5.91 Å². The number of aromatic nitrogens is 1. The molecule has 1 heterocycles. The molecule has 0 saturated carbocycles. The third kappa shape index (κ3) is 3.52. The fourth-order valence-electron chi connectivity index (χ4n) is 1.33. The van der Waals surface area contributed by atoms with E-state index in [4.69, 9.17) is 10.8 Å². The second-order valence-electron chi connectivity index (χ2n) is 3.77. The number of nitrogens with one attached hydrogen (secondary N) is 1. The predicted molar refractivity (Wildman–Crippen MR) is 66.0 cm³/mol. The van der Waals surface area contributed by atoms with E-state index in [9.17, 15) is 14.4 Å². The van der Waals surface area contributed by atoms with Gasteiger partial charge in [-0.1, -0.05) is 11.3 Å². The molecule has 8 heteroatoms. The van der Waals surface area contributed by atoms with Crippen molar-refractivity contribution >= 4 is 34.1 Å². The first-order valence-electron chi connectivity index (χ1n) is 5.11. The Bertz CT molecular complexity index is 466. The first-order valence-corrected chi connectivity index (χ1v) is 5.92. The highest BCUT2D eigenvalue weighted by Gasteiger charge is 2.21. The van der Waals surface area contributed by atoms with Crippen molar-refractivity contribution in [1.82, 2.24) is 4.98 Å². The average molecular weight is 271 g/mol. The molecule has 0 radical (unpaired) electrons. The number of anilines is 1. The number of nitrogens with zero attached hydrogens (tertiary/aromatic N) is 1. The Labute approximate surface area is 107 Å². The van der Waals surface area contributed by atoms with Crippen molar-refractivity contribution in [2.75, 3.05) is 5.32 Å². The van der Waals surface area contributed by atoms with Gasteiger partial charge in [0.05, 0.1) is 0 Å². The minimum atomic E-state index is -1.26. The smallest absolute Gasteiger partial charge is 0.356 e. The second kappa shape index (κ2) is 5.58. The predicted octanol–water partition coefficient (Wildman–Crippen LogP) is 0.720. The lowest BCUT2D eigenvalue weighted by molar-refractivity contribution is -0.118. The van der Waals surface area contributed by atoms with Gasteiger partial charge in [0.15, 0.2) is 16.6 Å². The molecule has 0 aliphatic rings. The van der Waals surface area contributed by atoms with Crippen LogP contribution in [0.4, 0.5) is 5.13 Å². The molecule has 1 amide bonds. The normalized spacial score (nSPS) is 11.9. The molecular formula is C10H13N3O4S. The number of primary amides is 1. The maximum atomic E-state index is 11.3. The van der Waals surface area contributed by atoms with Gasteiger partial charge < -0.3 is 16.2 Å². The van der Waals surface area contributed by atoms with E-state index in [0.29, 0.717) is 0 Å². The van der Waals surface area contributed by atoms with E-state index in [1.54, 1.807) is 6.92 Å². The maximum absolute atomic E-state index is 11.3. The third-order valence-electron chi connectivity index (χ3n) is 2.03. The Morgan fingerprint density at radius 1 is 1.50 bits per heavy atom. The summed E-state index contributed by atoms with van der Waals surface area (Å²) in [7, 11) is 0. The highest BCUT2D eigenvalue weighted by Crippen LogP contribution is 2.24. The number of Topliss-reactive ketones (excluding diaryl/α,β-unsaturated/α-hetero) is 1. The molecule has 1 rings (SSSR count). The van der Waals surface area contributed by atoms with E-state index >= 15 is 0 Å². The molecule has 98 valence electrons. The summed E-state index contributed by atoms with van der Waals surface area (Å²) in [6.07, 6.45) is 0.0946. The topological polar surface area (TPSA) is 122 Å². The van der Waals surface area contributed by atoms with Crippen molar-refractivity contribution in [3.05, 3.63) is 10.6 Å². The first kappa shape index (κ1) is 14.1. The van der Waals surface area contributed by atoms with Crippen molar-refractivity contribution in [1.29, 1.82) is 0 Å². The number of hydrogen-bond donors (Lipinski definition) is 3. The summed E-state index contributed by atoms with van der Waals surface area (Å²) in [4.78, 5) is 36.7. The molecule has 0 aliphatic heterocycles. The van der Waals surface area contributed by atoms with Gasteiger partial charge in [-0.25, -0.2) is 9.78 Å². The summed E-state index contributed by atoms with van der Waals surface area (Å²) in [5.74, 6) is -2.09. The van der Waals surface area contributed by atoms with E-state index in [1.807, 2.05) is 0 Å². The Hall–Kier alpha value is -1.96. The van der Waals surface area contributed by atoms with Gasteiger partial charge in [-0.2, -0.15) is 0 Å². The molecule has 1 aromatic rings. The Balaban J connectivity index is 2.91. The number of carboxylic acids is 1. The molecule has 1 unspecified atom stereocenters. The van der Waals surface area contributed by atoms with Crippen molar-refractivity contribution in [3.63, 3.8) is 0 Å². The molecule has 4 N–H and O–H groups in total. The summed E-state index contributed by atoms with van der Waals surface area (Å²) in [5.41, 5.74) is 4.76. The fraction of sp³-hybridized carbons (Fsp3) is 0.400. The van der Waals surface area contributed by atoms with Crippen LogP contribution in [0.2, 0.25) is 0 Å². The maximum Gasteiger partial charge on any atom is 0.356 e. The zero-order valence-corrected chi connectivity index (χ0v) is 10.7. The van der Waals surface area contributed by atoms with Crippen LogP contribution in [0.15, 0.2) is 0 Å². The van der Waals surface area contributed by atoms with Crippen molar-refractivity contribution in [3.8, 4) is 0 Å². The summed E-state index contributed by atoms with van der Waals surface area (Å²) in [5, 5.41) is 12.0. The van der Waals surface area contributed by atoms with Crippen LogP contribution in [0.5, 0.6) is 0 Å². The molecule has 7 nitrogen and oxygen atoms in total. The molecule has 0 fully saturated rings. The van der Waals surface area contributed by atoms with Crippen LogP contribution in [-0.2, 0) is 4.79 Å². The Kier molecular flexibility index (Phi) is 4.38. The van der Waals surface area contributed by atoms with Gasteiger partial charge in [-0.15, -0.1) is 0 Å². The van der Waals surface area contributed by atoms with E-state index in [0.717, 1.165) is 11.3 Å². The number of ketones is 1. The number of thiazole rings is 1. The minimum Gasteiger partial charge on any atom is -0.476 e. The molecule has 1 aromatic heterocycles. The molecule has 0 aliphatic carbocycles. The minimum absolute atomic E-state index is 0.0799. The first-order chi connectivity index (χ1) is 8.31. The molecule has 18 heavy (non-hydrogen) atoms. The monoisotopic (exact) mass is 271 g/mol. The number of hydrogen-bond acceptors (Lipinski definition) is 6. The van der Waals surface area contributed by atoms with Crippen LogP contribution in [-0.4, -0.2) is 33.8 Å². The fourth-order valence-corrected chi connectivity index (χ4v) is 2.29. The van der Waals surface area contributed by atoms with Gasteiger partial charge in [0, 0.05) is 19.4 Å². The zero-order valence-electron chi connectivity index (χ0n) is 9.89. The molecular weight excluding hydrogens is 258 g/mol. The number of amides is 1. The third-order valence-corrected chi connectivity index (χ3v) is 3.11. The summed E-state index contributed by atoms with van der Waals surface area (Å²) >= 11 is 0.947. The number of carbonyl (C=O) groups excluding carboxylic acids is 2. The Morgan fingerprint density at radius 2 is 2.11 bits per heavy atom. The zero-order chi connectivity index (χ0) is 13.9. The largest absolute Gasteiger partial charge is 0.476 e. The molecule has 0 bridgehead atoms. The lowest BCUT2D eigenvalue weighted by atomic mass is 10.2. The van der Waals surface area contributed by atoms with Gasteiger partial charge in [0.25, 0.3) is 0 Å².